The van der Waals surface area contributed by atoms with E-state index in [2.05, 4.69) is 5.32 Å². The van der Waals surface area contributed by atoms with Gasteiger partial charge in [0.15, 0.2) is 5.11 Å². The van der Waals surface area contributed by atoms with Crippen LogP contribution in [-0.4, -0.2) is 27.9 Å². The third-order valence-corrected chi connectivity index (χ3v) is 5.11. The third-order valence-electron chi connectivity index (χ3n) is 4.78. The summed E-state index contributed by atoms with van der Waals surface area (Å²) in [7, 11) is 0. The van der Waals surface area contributed by atoms with Gasteiger partial charge in [0.2, 0.25) is 5.91 Å². The molecule has 3 aromatic rings. The van der Waals surface area contributed by atoms with E-state index in [0.29, 0.717) is 16.6 Å². The lowest BCUT2D eigenvalue weighted by molar-refractivity contribution is -0.122. The van der Waals surface area contributed by atoms with Crippen molar-refractivity contribution >= 4 is 40.5 Å². The maximum absolute atomic E-state index is 13.3. The number of nitrogens with zero attached hydrogens (tertiary/aromatic N) is 2. The van der Waals surface area contributed by atoms with Crippen LogP contribution in [0.25, 0.3) is 0 Å². The molecule has 0 aliphatic carbocycles. The lowest BCUT2D eigenvalue weighted by atomic mass is 10.2. The number of anilines is 2. The summed E-state index contributed by atoms with van der Waals surface area (Å²) >= 11 is 5.57. The molecule has 0 bridgehead atoms. The molecule has 8 heteroatoms. The number of amides is 2. The van der Waals surface area contributed by atoms with Crippen LogP contribution < -0.4 is 10.2 Å². The van der Waals surface area contributed by atoms with Crippen LogP contribution >= 0.6 is 12.2 Å². The van der Waals surface area contributed by atoms with Crippen LogP contribution in [-0.2, 0) is 16.1 Å². The van der Waals surface area contributed by atoms with Gasteiger partial charge in [-0.3, -0.25) is 9.59 Å². The van der Waals surface area contributed by atoms with E-state index in [4.69, 9.17) is 16.6 Å². The van der Waals surface area contributed by atoms with Gasteiger partial charge in [0, 0.05) is 5.69 Å². The average Bonchev–Trinajstić information content (AvgIpc) is 3.35. The largest absolute Gasteiger partial charge is 0.467 e. The van der Waals surface area contributed by atoms with Crippen molar-refractivity contribution in [2.45, 2.75) is 19.0 Å². The van der Waals surface area contributed by atoms with Crippen molar-refractivity contribution in [3.05, 3.63) is 84.6 Å². The molecule has 2 amide bonds. The molecule has 30 heavy (non-hydrogen) atoms. The van der Waals surface area contributed by atoms with E-state index in [1.165, 1.54) is 30.5 Å². The van der Waals surface area contributed by atoms with Crippen LogP contribution in [0, 0.1) is 5.82 Å². The Morgan fingerprint density at radius 3 is 2.50 bits per heavy atom. The summed E-state index contributed by atoms with van der Waals surface area (Å²) in [6, 6.07) is 17.3. The van der Waals surface area contributed by atoms with Crippen LogP contribution in [0.1, 0.15) is 12.2 Å². The topological polar surface area (TPSA) is 65.8 Å². The highest BCUT2D eigenvalue weighted by atomic mass is 32.1. The fraction of sp³-hybridized carbons (Fsp3) is 0.136. The number of rotatable bonds is 5. The zero-order chi connectivity index (χ0) is 21.1. The summed E-state index contributed by atoms with van der Waals surface area (Å²) in [5.74, 6) is -0.631. The molecule has 1 fully saturated rings. The molecule has 6 nitrogen and oxygen atoms in total. The van der Waals surface area contributed by atoms with Crippen LogP contribution in [0.4, 0.5) is 15.8 Å². The minimum Gasteiger partial charge on any atom is -0.467 e. The van der Waals surface area contributed by atoms with Crippen LogP contribution in [0.5, 0.6) is 0 Å². The first kappa shape index (κ1) is 19.8. The quantitative estimate of drug-likeness (QED) is 0.495. The molecule has 1 saturated heterocycles. The Balaban J connectivity index is 1.61. The Kier molecular flexibility index (Phi) is 5.58. The number of hydrogen-bond donors (Lipinski definition) is 1. The van der Waals surface area contributed by atoms with Gasteiger partial charge in [-0.15, -0.1) is 0 Å². The van der Waals surface area contributed by atoms with E-state index >= 15 is 0 Å². The molecule has 2 heterocycles. The Labute approximate surface area is 177 Å². The van der Waals surface area contributed by atoms with Crippen molar-refractivity contribution in [3.8, 4) is 0 Å². The number of carbonyl (C=O) groups is 2. The minimum absolute atomic E-state index is 0.0481. The number of para-hydroxylation sites is 1. The Morgan fingerprint density at radius 2 is 1.83 bits per heavy atom. The molecule has 1 aromatic heterocycles. The lowest BCUT2D eigenvalue weighted by Gasteiger charge is -2.29. The molecule has 4 rings (SSSR count). The molecular formula is C22H18FN3O3S. The van der Waals surface area contributed by atoms with Crippen molar-refractivity contribution < 1.29 is 18.4 Å². The van der Waals surface area contributed by atoms with Gasteiger partial charge in [-0.1, -0.05) is 18.2 Å². The molecule has 152 valence electrons. The lowest BCUT2D eigenvalue weighted by Crippen LogP contribution is -2.46. The van der Waals surface area contributed by atoms with Gasteiger partial charge in [0.25, 0.3) is 5.91 Å². The first-order valence-electron chi connectivity index (χ1n) is 9.30. The second-order valence-corrected chi connectivity index (χ2v) is 7.15. The van der Waals surface area contributed by atoms with Gasteiger partial charge in [-0.2, -0.15) is 0 Å². The predicted molar refractivity (Wildman–Crippen MR) is 114 cm³/mol. The molecular weight excluding hydrogens is 405 g/mol. The molecule has 1 atom stereocenters. The first-order valence-corrected chi connectivity index (χ1v) is 9.71. The van der Waals surface area contributed by atoms with Gasteiger partial charge in [-0.05, 0) is 60.7 Å². The smallest absolute Gasteiger partial charge is 0.257 e. The van der Waals surface area contributed by atoms with E-state index in [1.54, 1.807) is 17.0 Å². The van der Waals surface area contributed by atoms with Crippen molar-refractivity contribution in [1.82, 2.24) is 4.90 Å². The zero-order valence-electron chi connectivity index (χ0n) is 15.8. The van der Waals surface area contributed by atoms with Crippen molar-refractivity contribution in [1.29, 1.82) is 0 Å². The van der Waals surface area contributed by atoms with E-state index in [-0.39, 0.29) is 18.9 Å². The highest BCUT2D eigenvalue weighted by Crippen LogP contribution is 2.27. The van der Waals surface area contributed by atoms with E-state index < -0.39 is 17.8 Å². The van der Waals surface area contributed by atoms with Gasteiger partial charge in [-0.25, -0.2) is 9.29 Å². The third kappa shape index (κ3) is 4.08. The standard InChI is InChI=1S/C22H18FN3O3S/c23-15-8-10-17(11-9-15)26-20(27)13-19(21(26)28)25(14-18-7-4-12-29-18)22(30)24-16-5-2-1-3-6-16/h1-12,19H,13-14H2,(H,24,30). The molecule has 0 saturated carbocycles. The molecule has 1 aliphatic heterocycles. The molecule has 2 aromatic carbocycles. The molecule has 1 N–H and O–H groups in total. The maximum Gasteiger partial charge on any atom is 0.257 e. The van der Waals surface area contributed by atoms with Crippen molar-refractivity contribution in [2.75, 3.05) is 10.2 Å². The summed E-state index contributed by atoms with van der Waals surface area (Å²) in [6.07, 6.45) is 1.49. The number of halogens is 1. The van der Waals surface area contributed by atoms with Crippen LogP contribution in [0.2, 0.25) is 0 Å². The monoisotopic (exact) mass is 423 g/mol. The van der Waals surface area contributed by atoms with E-state index in [9.17, 15) is 14.0 Å². The fourth-order valence-electron chi connectivity index (χ4n) is 3.33. The number of benzene rings is 2. The maximum atomic E-state index is 13.3. The Bertz CT molecular complexity index is 1060. The zero-order valence-corrected chi connectivity index (χ0v) is 16.6. The number of nitrogens with one attached hydrogen (secondary N) is 1. The van der Waals surface area contributed by atoms with E-state index in [1.807, 2.05) is 30.3 Å². The van der Waals surface area contributed by atoms with Crippen LogP contribution in [0.3, 0.4) is 0 Å². The molecule has 1 aliphatic rings. The molecule has 1 unspecified atom stereocenters. The summed E-state index contributed by atoms with van der Waals surface area (Å²) in [5, 5.41) is 3.41. The summed E-state index contributed by atoms with van der Waals surface area (Å²) in [4.78, 5) is 28.6. The highest BCUT2D eigenvalue weighted by Gasteiger charge is 2.43. The summed E-state index contributed by atoms with van der Waals surface area (Å²) in [6.45, 7) is 0.215. The minimum atomic E-state index is -0.809. The SMILES string of the molecule is O=C1CC(N(Cc2ccco2)C(=S)Nc2ccccc2)C(=O)N1c1ccc(F)cc1. The average molecular weight is 423 g/mol. The number of thiocarbonyl (C=S) groups is 1. The molecule has 0 radical (unpaired) electrons. The van der Waals surface area contributed by atoms with Crippen molar-refractivity contribution in [2.24, 2.45) is 0 Å². The number of furan rings is 1. The highest BCUT2D eigenvalue weighted by molar-refractivity contribution is 7.80. The number of imide groups is 1. The van der Waals surface area contributed by atoms with Gasteiger partial charge < -0.3 is 14.6 Å². The van der Waals surface area contributed by atoms with Gasteiger partial charge in [0.05, 0.1) is 24.9 Å². The summed E-state index contributed by atoms with van der Waals surface area (Å²) in [5.41, 5.74) is 1.09. The molecule has 0 spiro atoms. The van der Waals surface area contributed by atoms with Crippen molar-refractivity contribution in [3.63, 3.8) is 0 Å². The normalized spacial score (nSPS) is 16.0. The second kappa shape index (κ2) is 8.46. The summed E-state index contributed by atoms with van der Waals surface area (Å²) < 4.78 is 18.7. The fourth-order valence-corrected chi connectivity index (χ4v) is 3.64. The second-order valence-electron chi connectivity index (χ2n) is 6.77. The Morgan fingerprint density at radius 1 is 1.10 bits per heavy atom. The van der Waals surface area contributed by atoms with E-state index in [0.717, 1.165) is 10.6 Å². The number of carbonyl (C=O) groups excluding carboxylic acids is 2. The van der Waals surface area contributed by atoms with Gasteiger partial charge in [0.1, 0.15) is 17.6 Å². The van der Waals surface area contributed by atoms with Crippen LogP contribution in [0.15, 0.2) is 77.4 Å². The number of hydrogen-bond acceptors (Lipinski definition) is 4. The van der Waals surface area contributed by atoms with Gasteiger partial charge >= 0.3 is 0 Å². The Hall–Kier alpha value is -3.52. The predicted octanol–water partition coefficient (Wildman–Crippen LogP) is 3.95. The first-order chi connectivity index (χ1) is 14.5.